The molecule has 0 radical (unpaired) electrons. The molecule has 1 atom stereocenters. The van der Waals surface area contributed by atoms with E-state index >= 15 is 0 Å². The van der Waals surface area contributed by atoms with E-state index in [1.807, 2.05) is 12.1 Å². The van der Waals surface area contributed by atoms with Crippen LogP contribution in [0.25, 0.3) is 0 Å². The van der Waals surface area contributed by atoms with Crippen LogP contribution in [0.2, 0.25) is 0 Å². The van der Waals surface area contributed by atoms with Crippen LogP contribution in [0.3, 0.4) is 0 Å². The molecule has 0 aromatic heterocycles. The van der Waals surface area contributed by atoms with Crippen molar-refractivity contribution in [2.24, 2.45) is 5.73 Å². The highest BCUT2D eigenvalue weighted by Gasteiger charge is 2.30. The van der Waals surface area contributed by atoms with Gasteiger partial charge in [0.2, 0.25) is 0 Å². The molecule has 1 heterocycles. The second kappa shape index (κ2) is 8.10. The first-order valence-electron chi connectivity index (χ1n) is 8.82. The highest BCUT2D eigenvalue weighted by atomic mass is 19.4. The van der Waals surface area contributed by atoms with Gasteiger partial charge < -0.3 is 10.5 Å². The fourth-order valence-electron chi connectivity index (χ4n) is 3.27. The lowest BCUT2D eigenvalue weighted by atomic mass is 10.0. The van der Waals surface area contributed by atoms with E-state index in [-0.39, 0.29) is 6.23 Å². The lowest BCUT2D eigenvalue weighted by Crippen LogP contribution is -2.42. The van der Waals surface area contributed by atoms with Gasteiger partial charge in [-0.1, -0.05) is 24.3 Å². The van der Waals surface area contributed by atoms with E-state index < -0.39 is 11.7 Å². The first kappa shape index (κ1) is 18.7. The molecule has 0 amide bonds. The number of alkyl halides is 3. The third kappa shape index (κ3) is 4.56. The number of halogens is 3. The molecule has 3 nitrogen and oxygen atoms in total. The Hall–Kier alpha value is -2.05. The normalized spacial score (nSPS) is 18.2. The average Bonchev–Trinajstić information content (AvgIpc) is 2.79. The van der Waals surface area contributed by atoms with Crippen LogP contribution in [0.4, 0.5) is 13.2 Å². The Morgan fingerprint density at radius 2 is 1.73 bits per heavy atom. The zero-order valence-corrected chi connectivity index (χ0v) is 14.5. The van der Waals surface area contributed by atoms with Crippen molar-refractivity contribution in [2.45, 2.75) is 31.7 Å². The number of ether oxygens (including phenoxy) is 1. The first-order chi connectivity index (χ1) is 12.5. The number of hydrogen-bond acceptors (Lipinski definition) is 3. The van der Waals surface area contributed by atoms with Crippen LogP contribution < -0.4 is 10.5 Å². The molecule has 1 unspecified atom stereocenters. The standard InChI is InChI=1S/C20H23F3N2O/c21-20(22,23)17-6-8-18(9-7-17)26-19-14-16-5-2-1-4-15(16)10-13-25(19)12-3-11-24/h1-2,4-9,19H,3,10-14,24H2. The van der Waals surface area contributed by atoms with Gasteiger partial charge in [0.25, 0.3) is 0 Å². The average molecular weight is 364 g/mol. The van der Waals surface area contributed by atoms with E-state index in [2.05, 4.69) is 17.0 Å². The predicted octanol–water partition coefficient (Wildman–Crippen LogP) is 3.86. The highest BCUT2D eigenvalue weighted by molar-refractivity contribution is 5.31. The Morgan fingerprint density at radius 3 is 2.38 bits per heavy atom. The third-order valence-electron chi connectivity index (χ3n) is 4.69. The van der Waals surface area contributed by atoms with Gasteiger partial charge in [0.15, 0.2) is 6.23 Å². The molecular weight excluding hydrogens is 341 g/mol. The van der Waals surface area contributed by atoms with E-state index in [4.69, 9.17) is 10.5 Å². The number of benzene rings is 2. The summed E-state index contributed by atoms with van der Waals surface area (Å²) >= 11 is 0. The van der Waals surface area contributed by atoms with Gasteiger partial charge >= 0.3 is 6.18 Å². The minimum atomic E-state index is -4.34. The van der Waals surface area contributed by atoms with Crippen LogP contribution in [0, 0.1) is 0 Å². The minimum absolute atomic E-state index is 0.220. The number of fused-ring (bicyclic) bond motifs is 1. The molecule has 2 N–H and O–H groups in total. The van der Waals surface area contributed by atoms with Gasteiger partial charge in [-0.25, -0.2) is 0 Å². The van der Waals surface area contributed by atoms with Gasteiger partial charge in [-0.3, -0.25) is 4.90 Å². The van der Waals surface area contributed by atoms with E-state index in [0.29, 0.717) is 18.7 Å². The van der Waals surface area contributed by atoms with Crippen LogP contribution in [0.1, 0.15) is 23.1 Å². The molecule has 6 heteroatoms. The summed E-state index contributed by atoms with van der Waals surface area (Å²) in [4.78, 5) is 2.23. The smallest absolute Gasteiger partial charge is 0.416 e. The van der Waals surface area contributed by atoms with Crippen LogP contribution in [0.5, 0.6) is 5.75 Å². The van der Waals surface area contributed by atoms with E-state index in [9.17, 15) is 13.2 Å². The van der Waals surface area contributed by atoms with E-state index in [1.165, 1.54) is 23.3 Å². The summed E-state index contributed by atoms with van der Waals surface area (Å²) in [7, 11) is 0. The molecule has 1 aliphatic rings. The maximum Gasteiger partial charge on any atom is 0.416 e. The molecule has 0 aliphatic carbocycles. The number of rotatable bonds is 5. The zero-order valence-electron chi connectivity index (χ0n) is 14.5. The van der Waals surface area contributed by atoms with Crippen LogP contribution >= 0.6 is 0 Å². The van der Waals surface area contributed by atoms with Gasteiger partial charge in [0, 0.05) is 19.5 Å². The fraction of sp³-hybridized carbons (Fsp3) is 0.400. The molecular formula is C20H23F3N2O. The SMILES string of the molecule is NCCCN1CCc2ccccc2CC1Oc1ccc(C(F)(F)F)cc1. The molecule has 26 heavy (non-hydrogen) atoms. The number of nitrogens with zero attached hydrogens (tertiary/aromatic N) is 1. The minimum Gasteiger partial charge on any atom is -0.475 e. The Balaban J connectivity index is 1.79. The molecule has 2 aromatic rings. The summed E-state index contributed by atoms with van der Waals surface area (Å²) in [5.41, 5.74) is 7.50. The third-order valence-corrected chi connectivity index (χ3v) is 4.69. The molecule has 3 rings (SSSR count). The van der Waals surface area contributed by atoms with Crippen molar-refractivity contribution in [3.8, 4) is 5.75 Å². The lowest BCUT2D eigenvalue weighted by molar-refractivity contribution is -0.137. The maximum atomic E-state index is 12.7. The summed E-state index contributed by atoms with van der Waals surface area (Å²) < 4.78 is 44.3. The second-order valence-corrected chi connectivity index (χ2v) is 6.50. The van der Waals surface area contributed by atoms with Crippen molar-refractivity contribution in [1.29, 1.82) is 0 Å². The fourth-order valence-corrected chi connectivity index (χ4v) is 3.27. The summed E-state index contributed by atoms with van der Waals surface area (Å²) in [6.45, 7) is 2.23. The predicted molar refractivity (Wildman–Crippen MR) is 95.0 cm³/mol. The van der Waals surface area contributed by atoms with E-state index in [1.54, 1.807) is 0 Å². The van der Waals surface area contributed by atoms with Crippen LogP contribution in [-0.2, 0) is 19.0 Å². The van der Waals surface area contributed by atoms with Gasteiger partial charge in [0.05, 0.1) is 5.56 Å². The lowest BCUT2D eigenvalue weighted by Gasteiger charge is -2.30. The topological polar surface area (TPSA) is 38.5 Å². The molecule has 0 saturated carbocycles. The first-order valence-corrected chi connectivity index (χ1v) is 8.82. The van der Waals surface area contributed by atoms with Crippen LogP contribution in [-0.4, -0.2) is 30.8 Å². The monoisotopic (exact) mass is 364 g/mol. The highest BCUT2D eigenvalue weighted by Crippen LogP contribution is 2.31. The Kier molecular flexibility index (Phi) is 5.84. The maximum absolute atomic E-state index is 12.7. The Labute approximate surface area is 151 Å². The molecule has 140 valence electrons. The van der Waals surface area contributed by atoms with Crippen LogP contribution in [0.15, 0.2) is 48.5 Å². The van der Waals surface area contributed by atoms with Crippen molar-refractivity contribution < 1.29 is 17.9 Å². The van der Waals surface area contributed by atoms with Crippen molar-refractivity contribution in [3.05, 3.63) is 65.2 Å². The molecule has 1 aliphatic heterocycles. The Bertz CT molecular complexity index is 716. The van der Waals surface area contributed by atoms with Crippen molar-refractivity contribution >= 4 is 0 Å². The van der Waals surface area contributed by atoms with Gasteiger partial charge in [-0.2, -0.15) is 13.2 Å². The summed E-state index contributed by atoms with van der Waals surface area (Å²) in [5.74, 6) is 0.445. The summed E-state index contributed by atoms with van der Waals surface area (Å²) in [6.07, 6.45) is -2.09. The number of hydrogen-bond donors (Lipinski definition) is 1. The van der Waals surface area contributed by atoms with Gasteiger partial charge in [0.1, 0.15) is 5.75 Å². The molecule has 0 fully saturated rings. The van der Waals surface area contributed by atoms with Gasteiger partial charge in [-0.15, -0.1) is 0 Å². The van der Waals surface area contributed by atoms with Crippen molar-refractivity contribution in [1.82, 2.24) is 4.90 Å². The molecule has 0 bridgehead atoms. The second-order valence-electron chi connectivity index (χ2n) is 6.50. The van der Waals surface area contributed by atoms with Gasteiger partial charge in [-0.05, 0) is 54.8 Å². The zero-order chi connectivity index (χ0) is 18.6. The summed E-state index contributed by atoms with van der Waals surface area (Å²) in [6, 6.07) is 13.1. The van der Waals surface area contributed by atoms with E-state index in [0.717, 1.165) is 38.1 Å². The van der Waals surface area contributed by atoms with Crippen molar-refractivity contribution in [2.75, 3.05) is 19.6 Å². The molecule has 0 spiro atoms. The van der Waals surface area contributed by atoms with Crippen molar-refractivity contribution in [3.63, 3.8) is 0 Å². The Morgan fingerprint density at radius 1 is 1.04 bits per heavy atom. The largest absolute Gasteiger partial charge is 0.475 e. The number of nitrogens with two attached hydrogens (primary N) is 1. The molecule has 2 aromatic carbocycles. The summed E-state index contributed by atoms with van der Waals surface area (Å²) in [5, 5.41) is 0. The quantitative estimate of drug-likeness (QED) is 0.876. The molecule has 0 saturated heterocycles.